The smallest absolute Gasteiger partial charge is 0.318 e. The maximum atomic E-state index is 13.8. The summed E-state index contributed by atoms with van der Waals surface area (Å²) < 4.78 is 20.1. The van der Waals surface area contributed by atoms with Crippen LogP contribution in [-0.4, -0.2) is 90.2 Å². The van der Waals surface area contributed by atoms with E-state index in [9.17, 15) is 9.18 Å². The molecule has 3 aromatic rings. The summed E-state index contributed by atoms with van der Waals surface area (Å²) in [5, 5.41) is 2.80. The van der Waals surface area contributed by atoms with Gasteiger partial charge in [-0.3, -0.25) is 9.69 Å². The summed E-state index contributed by atoms with van der Waals surface area (Å²) >= 11 is 6.70. The Balaban J connectivity index is 1.32. The summed E-state index contributed by atoms with van der Waals surface area (Å²) in [4.78, 5) is 34.2. The van der Waals surface area contributed by atoms with Crippen LogP contribution in [0.1, 0.15) is 37.4 Å². The first kappa shape index (κ1) is 31.1. The number of hydrogen-bond donors (Lipinski definition) is 0. The number of amides is 1. The Morgan fingerprint density at radius 2 is 1.98 bits per heavy atom. The summed E-state index contributed by atoms with van der Waals surface area (Å²) in [7, 11) is 2.15. The summed E-state index contributed by atoms with van der Waals surface area (Å²) in [6.07, 6.45) is 4.39. The first-order valence-electron chi connectivity index (χ1n) is 15.7. The number of aromatic nitrogens is 2. The van der Waals surface area contributed by atoms with Crippen LogP contribution >= 0.6 is 11.6 Å². The van der Waals surface area contributed by atoms with Crippen molar-refractivity contribution in [1.29, 1.82) is 0 Å². The van der Waals surface area contributed by atoms with Gasteiger partial charge in [-0.2, -0.15) is 9.97 Å². The maximum Gasteiger partial charge on any atom is 0.318 e. The zero-order valence-electron chi connectivity index (χ0n) is 25.9. The number of piperazine rings is 1. The molecule has 0 unspecified atom stereocenters. The molecule has 0 radical (unpaired) electrons. The monoisotopic (exact) mass is 631 g/mol. The van der Waals surface area contributed by atoms with Crippen molar-refractivity contribution in [3.05, 3.63) is 76.5 Å². The van der Waals surface area contributed by atoms with Crippen LogP contribution in [0.4, 0.5) is 15.9 Å². The van der Waals surface area contributed by atoms with E-state index in [2.05, 4.69) is 58.3 Å². The van der Waals surface area contributed by atoms with Gasteiger partial charge in [0.15, 0.2) is 5.83 Å². The number of anilines is 2. The van der Waals surface area contributed by atoms with Gasteiger partial charge in [-0.05, 0) is 50.8 Å². The second kappa shape index (κ2) is 13.2. The quantitative estimate of drug-likeness (QED) is 0.228. The Labute approximate surface area is 269 Å². The number of carbonyl (C=O) groups excluding carboxylic acids is 1. The Morgan fingerprint density at radius 3 is 2.69 bits per heavy atom. The fraction of sp³-hybridized carbons (Fsp3) is 0.471. The van der Waals surface area contributed by atoms with Crippen LogP contribution in [0.3, 0.4) is 0 Å². The third-order valence-corrected chi connectivity index (χ3v) is 9.89. The van der Waals surface area contributed by atoms with Gasteiger partial charge in [-0.25, -0.2) is 11.0 Å². The highest BCUT2D eigenvalue weighted by Crippen LogP contribution is 2.37. The normalized spacial score (nSPS) is 19.2. The van der Waals surface area contributed by atoms with Crippen molar-refractivity contribution in [2.45, 2.75) is 57.3 Å². The third-order valence-electron chi connectivity index (χ3n) is 9.57. The molecule has 9 nitrogen and oxygen atoms in total. The Morgan fingerprint density at radius 1 is 1.20 bits per heavy atom. The molecule has 1 amide bonds. The average Bonchev–Trinajstić information content (AvgIpc) is 3.01. The van der Waals surface area contributed by atoms with E-state index in [4.69, 9.17) is 32.9 Å². The lowest BCUT2D eigenvalue weighted by Crippen LogP contribution is -2.57. The van der Waals surface area contributed by atoms with Gasteiger partial charge < -0.3 is 24.3 Å². The highest BCUT2D eigenvalue weighted by atomic mass is 35.5. The van der Waals surface area contributed by atoms with Gasteiger partial charge in [0.05, 0.1) is 17.3 Å². The van der Waals surface area contributed by atoms with E-state index < -0.39 is 17.8 Å². The number of rotatable bonds is 9. The van der Waals surface area contributed by atoms with Crippen LogP contribution in [0, 0.1) is 6.57 Å². The summed E-state index contributed by atoms with van der Waals surface area (Å²) in [6.45, 7) is 15.7. The Kier molecular flexibility index (Phi) is 9.11. The number of hydrogen-bond acceptors (Lipinski definition) is 7. The van der Waals surface area contributed by atoms with Gasteiger partial charge in [0.2, 0.25) is 6.54 Å². The van der Waals surface area contributed by atoms with E-state index in [1.807, 2.05) is 18.2 Å². The predicted octanol–water partition coefficient (Wildman–Crippen LogP) is 5.52. The van der Waals surface area contributed by atoms with Crippen LogP contribution in [-0.2, 0) is 17.8 Å². The van der Waals surface area contributed by atoms with Crippen molar-refractivity contribution >= 4 is 39.8 Å². The zero-order valence-corrected chi connectivity index (χ0v) is 26.6. The van der Waals surface area contributed by atoms with E-state index in [-0.39, 0.29) is 19.1 Å². The molecule has 236 valence electrons. The molecule has 1 aromatic heterocycles. The standard InChI is InChI=1S/C34H39ClFN7O2/c1-22(40(4)25-10-7-11-25)21-45-34-38-29-20-41(30-13-6-9-24-8-5-12-28(35)31(24)30)15-14-27(29)32(39-34)42-16-17-43(33(44)23(2)36)26(19-42)18-37-3/h5-6,8-9,12-13,22,25-26H,2,7,10-11,14-21H2,1,4H3/t22-,26+/m1/s1. The number of carbonyl (C=O) groups is 1. The largest absolute Gasteiger partial charge is 0.462 e. The predicted molar refractivity (Wildman–Crippen MR) is 176 cm³/mol. The number of nitrogens with zero attached hydrogens (tertiary/aromatic N) is 7. The zero-order chi connectivity index (χ0) is 31.7. The Bertz CT molecular complexity index is 1640. The van der Waals surface area contributed by atoms with Crippen LogP contribution in [0.2, 0.25) is 5.02 Å². The molecule has 11 heteroatoms. The SMILES string of the molecule is [C-]#[N+]C[C@H]1CN(c2nc(OC[C@@H](C)N(C)C3CCC3)nc3c2CCN(c2cccc4cccc(Cl)c24)C3)CCN1C(=O)C(=C)F. The molecule has 0 bridgehead atoms. The molecule has 1 aliphatic carbocycles. The van der Waals surface area contributed by atoms with Gasteiger partial charge in [0.1, 0.15) is 18.5 Å². The minimum atomic E-state index is -1.01. The number of likely N-dealkylation sites (N-methyl/N-ethyl adjacent to an activating group) is 1. The molecule has 0 N–H and O–H groups in total. The molecule has 2 fully saturated rings. The summed E-state index contributed by atoms with van der Waals surface area (Å²) in [5.41, 5.74) is 2.96. The molecule has 3 aliphatic rings. The van der Waals surface area contributed by atoms with E-state index in [1.54, 1.807) is 0 Å². The molecule has 2 aromatic carbocycles. The van der Waals surface area contributed by atoms with Gasteiger partial charge in [-0.15, -0.1) is 0 Å². The van der Waals surface area contributed by atoms with Crippen molar-refractivity contribution in [3.8, 4) is 6.01 Å². The molecule has 1 saturated heterocycles. The van der Waals surface area contributed by atoms with E-state index in [0.717, 1.165) is 40.1 Å². The van der Waals surface area contributed by atoms with Crippen molar-refractivity contribution in [2.75, 3.05) is 56.2 Å². The van der Waals surface area contributed by atoms with Crippen LogP contribution in [0.25, 0.3) is 15.6 Å². The highest BCUT2D eigenvalue weighted by Gasteiger charge is 2.36. The lowest BCUT2D eigenvalue weighted by molar-refractivity contribution is -0.131. The number of ether oxygens (including phenoxy) is 1. The fourth-order valence-corrected chi connectivity index (χ4v) is 6.94. The van der Waals surface area contributed by atoms with Gasteiger partial charge in [0.25, 0.3) is 5.91 Å². The lowest BCUT2D eigenvalue weighted by Gasteiger charge is -2.41. The molecular weight excluding hydrogens is 593 g/mol. The molecule has 2 aliphatic heterocycles. The third kappa shape index (κ3) is 6.29. The molecule has 0 spiro atoms. The Hall–Kier alpha value is -3.94. The maximum absolute atomic E-state index is 13.8. The van der Waals surface area contributed by atoms with Crippen LogP contribution in [0.5, 0.6) is 6.01 Å². The summed E-state index contributed by atoms with van der Waals surface area (Å²) in [5.74, 6) is -1.01. The average molecular weight is 632 g/mol. The van der Waals surface area contributed by atoms with E-state index >= 15 is 0 Å². The minimum absolute atomic E-state index is 0.0623. The van der Waals surface area contributed by atoms with Crippen molar-refractivity contribution in [2.24, 2.45) is 0 Å². The van der Waals surface area contributed by atoms with Gasteiger partial charge in [-0.1, -0.05) is 48.9 Å². The number of benzene rings is 2. The molecule has 1 saturated carbocycles. The molecule has 3 heterocycles. The second-order valence-electron chi connectivity index (χ2n) is 12.3. The molecular formula is C34H39ClFN7O2. The minimum Gasteiger partial charge on any atom is -0.462 e. The van der Waals surface area contributed by atoms with Crippen molar-refractivity contribution in [1.82, 2.24) is 19.8 Å². The van der Waals surface area contributed by atoms with Gasteiger partial charge >= 0.3 is 6.01 Å². The van der Waals surface area contributed by atoms with Crippen LogP contribution in [0.15, 0.2) is 48.8 Å². The van der Waals surface area contributed by atoms with Crippen molar-refractivity contribution < 1.29 is 13.9 Å². The number of fused-ring (bicyclic) bond motifs is 2. The first-order chi connectivity index (χ1) is 21.7. The lowest BCUT2D eigenvalue weighted by atomic mass is 9.91. The second-order valence-corrected chi connectivity index (χ2v) is 12.7. The molecule has 45 heavy (non-hydrogen) atoms. The first-order valence-corrected chi connectivity index (χ1v) is 16.0. The van der Waals surface area contributed by atoms with Gasteiger partial charge in [0, 0.05) is 54.9 Å². The van der Waals surface area contributed by atoms with Crippen LogP contribution < -0.4 is 14.5 Å². The molecule has 2 atom stereocenters. The van der Waals surface area contributed by atoms with E-state index in [0.29, 0.717) is 49.7 Å². The highest BCUT2D eigenvalue weighted by molar-refractivity contribution is 6.36. The number of halogens is 2. The topological polar surface area (TPSA) is 69.4 Å². The van der Waals surface area contributed by atoms with Crippen molar-refractivity contribution in [3.63, 3.8) is 0 Å². The summed E-state index contributed by atoms with van der Waals surface area (Å²) in [6, 6.07) is 12.8. The molecule has 6 rings (SSSR count). The fourth-order valence-electron chi connectivity index (χ4n) is 6.66. The van der Waals surface area contributed by atoms with E-state index in [1.165, 1.54) is 24.2 Å².